The summed E-state index contributed by atoms with van der Waals surface area (Å²) in [4.78, 5) is 1.44. The fourth-order valence-electron chi connectivity index (χ4n) is 3.53. The van der Waals surface area contributed by atoms with Crippen molar-refractivity contribution in [2.75, 3.05) is 24.9 Å². The molecule has 0 aliphatic heterocycles. The third-order valence-electron chi connectivity index (χ3n) is 5.41. The average molecular weight is 516 g/mol. The highest BCUT2D eigenvalue weighted by atomic mass is 32.2. The predicted octanol–water partition coefficient (Wildman–Crippen LogP) is 3.26. The number of fused-ring (bicyclic) bond motifs is 1. The summed E-state index contributed by atoms with van der Waals surface area (Å²) in [5.74, 6) is 0.709. The zero-order valence-electron chi connectivity index (χ0n) is 19.4. The van der Waals surface area contributed by atoms with Gasteiger partial charge in [0.25, 0.3) is 10.0 Å². The molecule has 0 amide bonds. The quantitative estimate of drug-likeness (QED) is 0.363. The average Bonchev–Trinajstić information content (AvgIpc) is 3.28. The van der Waals surface area contributed by atoms with Crippen LogP contribution in [-0.2, 0) is 20.0 Å². The number of aromatic nitrogens is 3. The maximum absolute atomic E-state index is 12.9. The van der Waals surface area contributed by atoms with Crippen molar-refractivity contribution in [3.05, 3.63) is 66.7 Å². The number of nitrogens with zero attached hydrogens (tertiary/aromatic N) is 4. The highest BCUT2D eigenvalue weighted by molar-refractivity contribution is 7.92. The Kier molecular flexibility index (Phi) is 6.79. The van der Waals surface area contributed by atoms with Gasteiger partial charge in [-0.25, -0.2) is 16.8 Å². The number of benzene rings is 3. The van der Waals surface area contributed by atoms with Crippen molar-refractivity contribution < 1.29 is 21.6 Å². The fraction of sp³-hybridized carbons (Fsp3) is 0.217. The van der Waals surface area contributed by atoms with Gasteiger partial charge in [-0.2, -0.15) is 9.10 Å². The molecule has 4 rings (SSSR count). The molecule has 35 heavy (non-hydrogen) atoms. The first kappa shape index (κ1) is 24.6. The molecule has 1 heterocycles. The summed E-state index contributed by atoms with van der Waals surface area (Å²) in [6.07, 6.45) is 0. The van der Waals surface area contributed by atoms with Crippen LogP contribution in [0.1, 0.15) is 13.8 Å². The Morgan fingerprint density at radius 3 is 2.03 bits per heavy atom. The zero-order chi connectivity index (χ0) is 25.2. The number of methoxy groups -OCH3 is 1. The standard InChI is InChI=1S/C23H25N5O5S2/c1-4-27(5-2)35(31,32)21-13-11-20(12-14-21)34(29,30)26-17-6-15-22-23(16-17)25-28(24-22)18-7-9-19(33-3)10-8-18/h6-16,26H,4-5H2,1-3H3. The lowest BCUT2D eigenvalue weighted by molar-refractivity contribution is 0.414. The van der Waals surface area contributed by atoms with E-state index in [0.717, 1.165) is 5.69 Å². The first-order valence-electron chi connectivity index (χ1n) is 10.8. The van der Waals surface area contributed by atoms with Gasteiger partial charge in [0.2, 0.25) is 10.0 Å². The Morgan fingerprint density at radius 1 is 0.829 bits per heavy atom. The lowest BCUT2D eigenvalue weighted by Crippen LogP contribution is -2.30. The molecule has 0 spiro atoms. The minimum atomic E-state index is -3.96. The molecule has 0 fully saturated rings. The van der Waals surface area contributed by atoms with Crippen LogP contribution in [0.2, 0.25) is 0 Å². The van der Waals surface area contributed by atoms with Gasteiger partial charge in [0, 0.05) is 13.1 Å². The van der Waals surface area contributed by atoms with Gasteiger partial charge in [-0.1, -0.05) is 13.8 Å². The summed E-state index contributed by atoms with van der Waals surface area (Å²) in [5, 5.41) is 8.85. The summed E-state index contributed by atoms with van der Waals surface area (Å²) in [6.45, 7) is 4.14. The summed E-state index contributed by atoms with van der Waals surface area (Å²) in [5.41, 5.74) is 2.12. The maximum atomic E-state index is 12.9. The molecule has 0 atom stereocenters. The minimum absolute atomic E-state index is 0.0386. The normalized spacial score (nSPS) is 12.2. The van der Waals surface area contributed by atoms with Crippen LogP contribution in [0.3, 0.4) is 0 Å². The first-order valence-corrected chi connectivity index (χ1v) is 13.7. The van der Waals surface area contributed by atoms with Gasteiger partial charge in [0.1, 0.15) is 16.8 Å². The molecule has 10 nitrogen and oxygen atoms in total. The van der Waals surface area contributed by atoms with Crippen molar-refractivity contribution in [1.29, 1.82) is 0 Å². The molecule has 0 saturated carbocycles. The van der Waals surface area contributed by atoms with Crippen LogP contribution < -0.4 is 9.46 Å². The van der Waals surface area contributed by atoms with Gasteiger partial charge in [0.05, 0.1) is 28.3 Å². The van der Waals surface area contributed by atoms with Crippen molar-refractivity contribution in [1.82, 2.24) is 19.3 Å². The molecular weight excluding hydrogens is 490 g/mol. The molecule has 4 aromatic rings. The summed E-state index contributed by atoms with van der Waals surface area (Å²) in [6, 6.07) is 17.2. The lowest BCUT2D eigenvalue weighted by Gasteiger charge is -2.18. The number of sulfonamides is 2. The molecule has 0 bridgehead atoms. The first-order chi connectivity index (χ1) is 16.7. The van der Waals surface area contributed by atoms with Crippen LogP contribution in [0.4, 0.5) is 5.69 Å². The third-order valence-corrected chi connectivity index (χ3v) is 8.87. The molecular formula is C23H25N5O5S2. The Hall–Kier alpha value is -3.48. The summed E-state index contributed by atoms with van der Waals surface area (Å²) in [7, 11) is -6.05. The van der Waals surface area contributed by atoms with E-state index in [0.29, 0.717) is 35.6 Å². The van der Waals surface area contributed by atoms with Crippen LogP contribution in [0.25, 0.3) is 16.7 Å². The summed E-state index contributed by atoms with van der Waals surface area (Å²) < 4.78 is 60.1. The van der Waals surface area contributed by atoms with E-state index in [-0.39, 0.29) is 9.79 Å². The molecule has 184 valence electrons. The van der Waals surface area contributed by atoms with Crippen molar-refractivity contribution in [3.8, 4) is 11.4 Å². The fourth-order valence-corrected chi connectivity index (χ4v) is 6.03. The van der Waals surface area contributed by atoms with E-state index in [2.05, 4.69) is 14.9 Å². The van der Waals surface area contributed by atoms with E-state index in [9.17, 15) is 16.8 Å². The van der Waals surface area contributed by atoms with E-state index >= 15 is 0 Å². The summed E-state index contributed by atoms with van der Waals surface area (Å²) >= 11 is 0. The number of hydrogen-bond acceptors (Lipinski definition) is 7. The monoisotopic (exact) mass is 515 g/mol. The molecule has 3 aromatic carbocycles. The molecule has 12 heteroatoms. The molecule has 0 saturated heterocycles. The van der Waals surface area contributed by atoms with Gasteiger partial charge in [-0.15, -0.1) is 10.2 Å². The second-order valence-corrected chi connectivity index (χ2v) is 11.2. The minimum Gasteiger partial charge on any atom is -0.497 e. The largest absolute Gasteiger partial charge is 0.497 e. The van der Waals surface area contributed by atoms with Crippen molar-refractivity contribution in [2.24, 2.45) is 0 Å². The molecule has 0 radical (unpaired) electrons. The van der Waals surface area contributed by atoms with Gasteiger partial charge >= 0.3 is 0 Å². The van der Waals surface area contributed by atoms with Gasteiger partial charge in [0.15, 0.2) is 0 Å². The smallest absolute Gasteiger partial charge is 0.261 e. The van der Waals surface area contributed by atoms with Crippen LogP contribution in [0.5, 0.6) is 5.75 Å². The van der Waals surface area contributed by atoms with Crippen LogP contribution in [0.15, 0.2) is 76.5 Å². The van der Waals surface area contributed by atoms with Crippen molar-refractivity contribution in [3.63, 3.8) is 0 Å². The molecule has 0 aliphatic carbocycles. The second-order valence-electron chi connectivity index (χ2n) is 7.56. The van der Waals surface area contributed by atoms with Crippen molar-refractivity contribution in [2.45, 2.75) is 23.6 Å². The lowest BCUT2D eigenvalue weighted by atomic mass is 10.3. The predicted molar refractivity (Wildman–Crippen MR) is 133 cm³/mol. The van der Waals surface area contributed by atoms with E-state index in [1.807, 2.05) is 12.1 Å². The second kappa shape index (κ2) is 9.64. The van der Waals surface area contributed by atoms with Crippen molar-refractivity contribution >= 4 is 36.8 Å². The van der Waals surface area contributed by atoms with Gasteiger partial charge in [-0.3, -0.25) is 4.72 Å². The molecule has 0 aliphatic rings. The maximum Gasteiger partial charge on any atom is 0.261 e. The van der Waals surface area contributed by atoms with E-state index in [4.69, 9.17) is 4.74 Å². The third kappa shape index (κ3) is 4.99. The van der Waals surface area contributed by atoms with Gasteiger partial charge in [-0.05, 0) is 66.7 Å². The SMILES string of the molecule is CCN(CC)S(=O)(=O)c1ccc(S(=O)(=O)Nc2ccc3nn(-c4ccc(OC)cc4)nc3c2)cc1. The zero-order valence-corrected chi connectivity index (χ0v) is 21.0. The molecule has 0 unspecified atom stereocenters. The van der Waals surface area contributed by atoms with E-state index in [1.54, 1.807) is 51.3 Å². The van der Waals surface area contributed by atoms with E-state index < -0.39 is 20.0 Å². The number of ether oxygens (including phenoxy) is 1. The Bertz CT molecular complexity index is 1540. The Labute approximate surface area is 204 Å². The van der Waals surface area contributed by atoms with Crippen LogP contribution >= 0.6 is 0 Å². The highest BCUT2D eigenvalue weighted by Gasteiger charge is 2.23. The van der Waals surface area contributed by atoms with E-state index in [1.165, 1.54) is 33.4 Å². The Morgan fingerprint density at radius 2 is 1.43 bits per heavy atom. The number of anilines is 1. The number of nitrogens with one attached hydrogen (secondary N) is 1. The topological polar surface area (TPSA) is 123 Å². The number of hydrogen-bond donors (Lipinski definition) is 1. The Balaban J connectivity index is 1.57. The van der Waals surface area contributed by atoms with Gasteiger partial charge < -0.3 is 4.74 Å². The highest BCUT2D eigenvalue weighted by Crippen LogP contribution is 2.23. The van der Waals surface area contributed by atoms with Crippen LogP contribution in [0, 0.1) is 0 Å². The molecule has 1 N–H and O–H groups in total. The molecule has 1 aromatic heterocycles. The van der Waals surface area contributed by atoms with Crippen LogP contribution in [-0.4, -0.2) is 56.3 Å². The number of rotatable bonds is 9.